The number of para-hydroxylation sites is 1. The number of hydrogen-bond donors (Lipinski definition) is 0. The molecule has 2 heteroatoms. The second kappa shape index (κ2) is 8.46. The minimum Gasteiger partial charge on any atom is -0.455 e. The number of rotatable bonds is 3. The van der Waals surface area contributed by atoms with E-state index in [4.69, 9.17) is 16.0 Å². The Morgan fingerprint density at radius 3 is 1.82 bits per heavy atom. The van der Waals surface area contributed by atoms with Gasteiger partial charge in [-0.2, -0.15) is 0 Å². The smallest absolute Gasteiger partial charge is 0.143 e. The highest BCUT2D eigenvalue weighted by atomic mass is 35.5. The van der Waals surface area contributed by atoms with E-state index in [1.807, 2.05) is 18.2 Å². The van der Waals surface area contributed by atoms with Gasteiger partial charge in [0.2, 0.25) is 0 Å². The van der Waals surface area contributed by atoms with E-state index < -0.39 is 5.41 Å². The fraction of sp³-hybridized carbons (Fsp3) is 0.0270. The van der Waals surface area contributed by atoms with E-state index in [2.05, 4.69) is 121 Å². The van der Waals surface area contributed by atoms with Crippen molar-refractivity contribution in [1.29, 1.82) is 0 Å². The van der Waals surface area contributed by atoms with Gasteiger partial charge < -0.3 is 4.42 Å². The lowest BCUT2D eigenvalue weighted by atomic mass is 9.67. The Morgan fingerprint density at radius 2 is 1.10 bits per heavy atom. The summed E-state index contributed by atoms with van der Waals surface area (Å²) >= 11 is 6.26. The zero-order chi connectivity index (χ0) is 26.0. The zero-order valence-electron chi connectivity index (χ0n) is 21.1. The first-order chi connectivity index (χ1) is 19.2. The van der Waals surface area contributed by atoms with Crippen molar-refractivity contribution >= 4 is 33.5 Å². The summed E-state index contributed by atoms with van der Waals surface area (Å²) < 4.78 is 6.35. The molecule has 0 saturated heterocycles. The standard InChI is InChI=1S/C37H23ClO/c38-27-21-22-31-32-14-8-13-28(36(32)39-35(31)23-27)24-17-19-26(20-18-24)37(25-9-2-1-3-10-25)33-15-6-4-11-29(33)30-12-5-7-16-34(30)37/h1-23H. The first kappa shape index (κ1) is 22.4. The van der Waals surface area contributed by atoms with Crippen molar-refractivity contribution in [2.75, 3.05) is 0 Å². The average molecular weight is 519 g/mol. The lowest BCUT2D eigenvalue weighted by Gasteiger charge is -2.34. The topological polar surface area (TPSA) is 13.1 Å². The number of fused-ring (bicyclic) bond motifs is 6. The third-order valence-corrected chi connectivity index (χ3v) is 8.48. The van der Waals surface area contributed by atoms with Gasteiger partial charge in [-0.1, -0.05) is 133 Å². The minimum absolute atomic E-state index is 0.394. The molecule has 0 atom stereocenters. The Balaban J connectivity index is 1.36. The van der Waals surface area contributed by atoms with Crippen LogP contribution in [0.25, 0.3) is 44.2 Å². The van der Waals surface area contributed by atoms with Crippen molar-refractivity contribution in [3.05, 3.63) is 167 Å². The van der Waals surface area contributed by atoms with Gasteiger partial charge in [-0.3, -0.25) is 0 Å². The molecule has 0 saturated carbocycles. The largest absolute Gasteiger partial charge is 0.455 e. The molecule has 0 radical (unpaired) electrons. The molecule has 0 N–H and O–H groups in total. The van der Waals surface area contributed by atoms with E-state index >= 15 is 0 Å². The molecule has 0 unspecified atom stereocenters. The normalized spacial score (nSPS) is 13.5. The summed E-state index contributed by atoms with van der Waals surface area (Å²) in [5.41, 5.74) is 11.3. The molecule has 0 spiro atoms. The summed E-state index contributed by atoms with van der Waals surface area (Å²) in [6.45, 7) is 0. The minimum atomic E-state index is -0.394. The molecule has 6 aromatic carbocycles. The van der Waals surface area contributed by atoms with Gasteiger partial charge in [0.25, 0.3) is 0 Å². The van der Waals surface area contributed by atoms with Crippen LogP contribution < -0.4 is 0 Å². The maximum absolute atomic E-state index is 6.35. The Labute approximate surface area is 231 Å². The van der Waals surface area contributed by atoms with Gasteiger partial charge >= 0.3 is 0 Å². The van der Waals surface area contributed by atoms with Gasteiger partial charge in [0, 0.05) is 27.4 Å². The summed E-state index contributed by atoms with van der Waals surface area (Å²) in [7, 11) is 0. The molecule has 0 fully saturated rings. The van der Waals surface area contributed by atoms with Gasteiger partial charge in [0.05, 0.1) is 5.41 Å². The molecule has 1 aromatic heterocycles. The fourth-order valence-electron chi connectivity index (χ4n) is 6.61. The van der Waals surface area contributed by atoms with E-state index in [-0.39, 0.29) is 0 Å². The second-order valence-electron chi connectivity index (χ2n) is 10.2. The molecule has 184 valence electrons. The first-order valence-corrected chi connectivity index (χ1v) is 13.6. The Morgan fingerprint density at radius 1 is 0.487 bits per heavy atom. The maximum Gasteiger partial charge on any atom is 0.143 e. The third kappa shape index (κ3) is 3.14. The Bertz CT molecular complexity index is 1970. The van der Waals surface area contributed by atoms with Gasteiger partial charge in [0.15, 0.2) is 0 Å². The second-order valence-corrected chi connectivity index (χ2v) is 10.6. The van der Waals surface area contributed by atoms with Crippen molar-refractivity contribution in [3.8, 4) is 22.3 Å². The van der Waals surface area contributed by atoms with Crippen molar-refractivity contribution in [1.82, 2.24) is 0 Å². The molecular formula is C37H23ClO. The van der Waals surface area contributed by atoms with Gasteiger partial charge in [0.1, 0.15) is 11.2 Å². The Hall–Kier alpha value is -4.59. The van der Waals surface area contributed by atoms with E-state index in [0.717, 1.165) is 33.1 Å². The number of halogens is 1. The van der Waals surface area contributed by atoms with Crippen LogP contribution >= 0.6 is 11.6 Å². The summed E-state index contributed by atoms with van der Waals surface area (Å²) in [6.07, 6.45) is 0. The number of benzene rings is 6. The van der Waals surface area contributed by atoms with Crippen LogP contribution in [-0.4, -0.2) is 0 Å². The van der Waals surface area contributed by atoms with Crippen LogP contribution in [0.3, 0.4) is 0 Å². The third-order valence-electron chi connectivity index (χ3n) is 8.25. The maximum atomic E-state index is 6.35. The highest BCUT2D eigenvalue weighted by molar-refractivity contribution is 6.31. The lowest BCUT2D eigenvalue weighted by molar-refractivity contribution is 0.670. The summed E-state index contributed by atoms with van der Waals surface area (Å²) in [5, 5.41) is 2.86. The molecule has 0 bridgehead atoms. The molecule has 1 nitrogen and oxygen atoms in total. The van der Waals surface area contributed by atoms with Crippen LogP contribution in [0.5, 0.6) is 0 Å². The van der Waals surface area contributed by atoms with Crippen molar-refractivity contribution < 1.29 is 4.42 Å². The molecule has 39 heavy (non-hydrogen) atoms. The predicted molar refractivity (Wildman–Crippen MR) is 161 cm³/mol. The van der Waals surface area contributed by atoms with Crippen LogP contribution in [0.2, 0.25) is 5.02 Å². The van der Waals surface area contributed by atoms with E-state index in [9.17, 15) is 0 Å². The van der Waals surface area contributed by atoms with Crippen LogP contribution in [0.1, 0.15) is 22.3 Å². The van der Waals surface area contributed by atoms with Crippen molar-refractivity contribution in [3.63, 3.8) is 0 Å². The lowest BCUT2D eigenvalue weighted by Crippen LogP contribution is -2.28. The summed E-state index contributed by atoms with van der Waals surface area (Å²) in [4.78, 5) is 0. The van der Waals surface area contributed by atoms with Crippen molar-refractivity contribution in [2.45, 2.75) is 5.41 Å². The average Bonchev–Trinajstić information content (AvgIpc) is 3.51. The predicted octanol–water partition coefficient (Wildman–Crippen LogP) is 10.3. The fourth-order valence-corrected chi connectivity index (χ4v) is 6.77. The van der Waals surface area contributed by atoms with E-state index in [1.54, 1.807) is 0 Å². The van der Waals surface area contributed by atoms with Crippen LogP contribution in [-0.2, 0) is 5.41 Å². The number of hydrogen-bond acceptors (Lipinski definition) is 1. The quantitative estimate of drug-likeness (QED) is 0.227. The molecule has 1 aliphatic carbocycles. The Kier molecular flexibility index (Phi) is 4.86. The summed E-state index contributed by atoms with van der Waals surface area (Å²) in [6, 6.07) is 49.8. The number of furan rings is 1. The van der Waals surface area contributed by atoms with Crippen LogP contribution in [0, 0.1) is 0 Å². The molecule has 7 aromatic rings. The van der Waals surface area contributed by atoms with Crippen molar-refractivity contribution in [2.24, 2.45) is 0 Å². The molecular weight excluding hydrogens is 496 g/mol. The monoisotopic (exact) mass is 518 g/mol. The van der Waals surface area contributed by atoms with E-state index in [1.165, 1.54) is 33.4 Å². The first-order valence-electron chi connectivity index (χ1n) is 13.2. The highest BCUT2D eigenvalue weighted by Gasteiger charge is 2.45. The molecule has 0 amide bonds. The molecule has 1 heterocycles. The molecule has 1 aliphatic rings. The van der Waals surface area contributed by atoms with Crippen LogP contribution in [0.4, 0.5) is 0 Å². The molecule has 0 aliphatic heterocycles. The van der Waals surface area contributed by atoms with Gasteiger partial charge in [-0.25, -0.2) is 0 Å². The summed E-state index contributed by atoms with van der Waals surface area (Å²) in [5.74, 6) is 0. The SMILES string of the molecule is Clc1ccc2c(c1)oc1c(-c3ccc(C4(c5ccccc5)c5ccccc5-c5ccccc54)cc3)cccc12. The van der Waals surface area contributed by atoms with Gasteiger partial charge in [-0.15, -0.1) is 0 Å². The highest BCUT2D eigenvalue weighted by Crippen LogP contribution is 2.56. The zero-order valence-corrected chi connectivity index (χ0v) is 21.8. The van der Waals surface area contributed by atoms with E-state index in [0.29, 0.717) is 5.02 Å². The van der Waals surface area contributed by atoms with Crippen LogP contribution in [0.15, 0.2) is 144 Å². The van der Waals surface area contributed by atoms with Gasteiger partial charge in [-0.05, 0) is 51.1 Å². The molecule has 8 rings (SSSR count).